The van der Waals surface area contributed by atoms with E-state index in [4.69, 9.17) is 9.47 Å². The number of carbonyl (C=O) groups is 2. The van der Waals surface area contributed by atoms with Gasteiger partial charge in [-0.1, -0.05) is 12.1 Å². The predicted molar refractivity (Wildman–Crippen MR) is 104 cm³/mol. The van der Waals surface area contributed by atoms with Crippen LogP contribution in [0.15, 0.2) is 42.5 Å². The molecule has 0 bridgehead atoms. The average molecular weight is 370 g/mol. The lowest BCUT2D eigenvalue weighted by atomic mass is 10.1. The minimum Gasteiger partial charge on any atom is -0.493 e. The molecule has 0 fully saturated rings. The van der Waals surface area contributed by atoms with E-state index in [1.807, 2.05) is 26.8 Å². The van der Waals surface area contributed by atoms with Gasteiger partial charge in [-0.05, 0) is 56.7 Å². The Labute approximate surface area is 159 Å². The molecule has 6 nitrogen and oxygen atoms in total. The topological polar surface area (TPSA) is 76.7 Å². The smallest absolute Gasteiger partial charge is 0.251 e. The minimum atomic E-state index is -0.229. The number of hydrogen-bond donors (Lipinski definition) is 2. The van der Waals surface area contributed by atoms with Crippen LogP contribution in [0.1, 0.15) is 47.1 Å². The van der Waals surface area contributed by atoms with E-state index in [9.17, 15) is 9.59 Å². The van der Waals surface area contributed by atoms with Crippen LogP contribution in [0, 0.1) is 0 Å². The maximum Gasteiger partial charge on any atom is 0.251 e. The van der Waals surface area contributed by atoms with Crippen LogP contribution in [0.25, 0.3) is 0 Å². The molecule has 2 aromatic rings. The second-order valence-electron chi connectivity index (χ2n) is 6.27. The summed E-state index contributed by atoms with van der Waals surface area (Å²) < 4.78 is 11.0. The molecule has 0 aliphatic carbocycles. The number of carbonyl (C=O) groups excluding carboxylic acids is 2. The van der Waals surface area contributed by atoms with Crippen LogP contribution in [-0.2, 0) is 6.54 Å². The van der Waals surface area contributed by atoms with Crippen molar-refractivity contribution in [3.05, 3.63) is 59.2 Å². The Morgan fingerprint density at radius 3 is 2.33 bits per heavy atom. The highest BCUT2D eigenvalue weighted by Crippen LogP contribution is 2.29. The number of rotatable bonds is 8. The molecule has 27 heavy (non-hydrogen) atoms. The van der Waals surface area contributed by atoms with Crippen LogP contribution in [0.5, 0.6) is 11.5 Å². The molecule has 0 aliphatic heterocycles. The van der Waals surface area contributed by atoms with Gasteiger partial charge in [0.1, 0.15) is 0 Å². The summed E-state index contributed by atoms with van der Waals surface area (Å²) in [6, 6.07) is 12.2. The van der Waals surface area contributed by atoms with Crippen LogP contribution in [0.4, 0.5) is 0 Å². The summed E-state index contributed by atoms with van der Waals surface area (Å²) in [5, 5.41) is 5.62. The number of methoxy groups -OCH3 is 1. The van der Waals surface area contributed by atoms with E-state index >= 15 is 0 Å². The first-order valence-corrected chi connectivity index (χ1v) is 8.94. The summed E-state index contributed by atoms with van der Waals surface area (Å²) in [6.45, 7) is 6.61. The van der Waals surface area contributed by atoms with Gasteiger partial charge in [0.25, 0.3) is 11.8 Å². The van der Waals surface area contributed by atoms with Gasteiger partial charge in [0.05, 0.1) is 13.2 Å². The molecule has 0 spiro atoms. The zero-order chi connectivity index (χ0) is 19.8. The van der Waals surface area contributed by atoms with E-state index in [0.717, 1.165) is 5.56 Å². The predicted octanol–water partition coefficient (Wildman–Crippen LogP) is 3.16. The van der Waals surface area contributed by atoms with Crippen LogP contribution in [0.3, 0.4) is 0 Å². The van der Waals surface area contributed by atoms with Crippen molar-refractivity contribution in [3.8, 4) is 11.5 Å². The standard InChI is InChI=1S/C21H26N2O4/c1-5-22-20(24)16-8-6-7-15(11-16)13-23-21(25)17-9-10-18(27-14(2)3)19(12-17)26-4/h6-12,14H,5,13H2,1-4H3,(H,22,24)(H,23,25). The third-order valence-corrected chi connectivity index (χ3v) is 3.77. The van der Waals surface area contributed by atoms with Crippen LogP contribution in [0.2, 0.25) is 0 Å². The zero-order valence-corrected chi connectivity index (χ0v) is 16.2. The molecular formula is C21H26N2O4. The molecule has 0 aliphatic rings. The second kappa shape index (κ2) is 9.62. The van der Waals surface area contributed by atoms with E-state index in [1.165, 1.54) is 7.11 Å². The largest absolute Gasteiger partial charge is 0.493 e. The summed E-state index contributed by atoms with van der Waals surface area (Å²) in [4.78, 5) is 24.4. The number of amides is 2. The molecule has 6 heteroatoms. The molecule has 2 N–H and O–H groups in total. The van der Waals surface area contributed by atoms with E-state index in [0.29, 0.717) is 35.7 Å². The molecule has 0 saturated carbocycles. The van der Waals surface area contributed by atoms with Crippen molar-refractivity contribution in [3.63, 3.8) is 0 Å². The molecule has 2 aromatic carbocycles. The molecule has 0 atom stereocenters. The molecule has 0 aromatic heterocycles. The fourth-order valence-electron chi connectivity index (χ4n) is 2.53. The number of nitrogens with one attached hydrogen (secondary N) is 2. The van der Waals surface area contributed by atoms with Gasteiger partial charge in [0, 0.05) is 24.2 Å². The third-order valence-electron chi connectivity index (χ3n) is 3.77. The van der Waals surface area contributed by atoms with Gasteiger partial charge in [-0.15, -0.1) is 0 Å². The molecule has 2 rings (SSSR count). The van der Waals surface area contributed by atoms with Crippen molar-refractivity contribution < 1.29 is 19.1 Å². The highest BCUT2D eigenvalue weighted by molar-refractivity contribution is 5.95. The van der Waals surface area contributed by atoms with Crippen molar-refractivity contribution in [2.24, 2.45) is 0 Å². The van der Waals surface area contributed by atoms with E-state index in [2.05, 4.69) is 10.6 Å². The number of benzene rings is 2. The number of hydrogen-bond acceptors (Lipinski definition) is 4. The van der Waals surface area contributed by atoms with Crippen LogP contribution < -0.4 is 20.1 Å². The molecule has 0 unspecified atom stereocenters. The van der Waals surface area contributed by atoms with Crippen molar-refractivity contribution in [1.82, 2.24) is 10.6 Å². The Morgan fingerprint density at radius 2 is 1.67 bits per heavy atom. The Kier molecular flexibility index (Phi) is 7.23. The van der Waals surface area contributed by atoms with Crippen molar-refractivity contribution >= 4 is 11.8 Å². The van der Waals surface area contributed by atoms with E-state index in [-0.39, 0.29) is 17.9 Å². The molecule has 144 valence electrons. The average Bonchev–Trinajstić information content (AvgIpc) is 2.66. The highest BCUT2D eigenvalue weighted by atomic mass is 16.5. The fourth-order valence-corrected chi connectivity index (χ4v) is 2.53. The first-order valence-electron chi connectivity index (χ1n) is 8.94. The first kappa shape index (κ1) is 20.3. The van der Waals surface area contributed by atoms with Gasteiger partial charge in [-0.3, -0.25) is 9.59 Å². The van der Waals surface area contributed by atoms with Crippen LogP contribution in [-0.4, -0.2) is 31.6 Å². The molecule has 0 saturated heterocycles. The zero-order valence-electron chi connectivity index (χ0n) is 16.2. The summed E-state index contributed by atoms with van der Waals surface area (Å²) in [5.74, 6) is 0.747. The summed E-state index contributed by atoms with van der Waals surface area (Å²) in [6.07, 6.45) is 0.00996. The summed E-state index contributed by atoms with van der Waals surface area (Å²) in [5.41, 5.74) is 1.89. The fraction of sp³-hybridized carbons (Fsp3) is 0.333. The van der Waals surface area contributed by atoms with Gasteiger partial charge in [-0.2, -0.15) is 0 Å². The Bertz CT molecular complexity index is 803. The van der Waals surface area contributed by atoms with E-state index in [1.54, 1.807) is 36.4 Å². The Balaban J connectivity index is 2.05. The van der Waals surface area contributed by atoms with Crippen LogP contribution >= 0.6 is 0 Å². The Morgan fingerprint density at radius 1 is 0.963 bits per heavy atom. The van der Waals surface area contributed by atoms with Gasteiger partial charge < -0.3 is 20.1 Å². The molecular weight excluding hydrogens is 344 g/mol. The van der Waals surface area contributed by atoms with Crippen molar-refractivity contribution in [2.45, 2.75) is 33.4 Å². The second-order valence-corrected chi connectivity index (χ2v) is 6.27. The van der Waals surface area contributed by atoms with Crippen molar-refractivity contribution in [1.29, 1.82) is 0 Å². The first-order chi connectivity index (χ1) is 12.9. The number of ether oxygens (including phenoxy) is 2. The van der Waals surface area contributed by atoms with Gasteiger partial charge in [0.15, 0.2) is 11.5 Å². The minimum absolute atomic E-state index is 0.00996. The monoisotopic (exact) mass is 370 g/mol. The Hall–Kier alpha value is -3.02. The lowest BCUT2D eigenvalue weighted by Crippen LogP contribution is -2.24. The molecule has 2 amide bonds. The maximum absolute atomic E-state index is 12.5. The third kappa shape index (κ3) is 5.74. The summed E-state index contributed by atoms with van der Waals surface area (Å²) >= 11 is 0. The quantitative estimate of drug-likeness (QED) is 0.748. The SMILES string of the molecule is CCNC(=O)c1cccc(CNC(=O)c2ccc(OC(C)C)c(OC)c2)c1. The maximum atomic E-state index is 12.5. The van der Waals surface area contributed by atoms with Gasteiger partial charge in [0.2, 0.25) is 0 Å². The lowest BCUT2D eigenvalue weighted by Gasteiger charge is -2.14. The van der Waals surface area contributed by atoms with Crippen molar-refractivity contribution in [2.75, 3.05) is 13.7 Å². The normalized spacial score (nSPS) is 10.4. The van der Waals surface area contributed by atoms with Gasteiger partial charge >= 0.3 is 0 Å². The highest BCUT2D eigenvalue weighted by Gasteiger charge is 2.12. The van der Waals surface area contributed by atoms with Gasteiger partial charge in [-0.25, -0.2) is 0 Å². The molecule has 0 radical (unpaired) electrons. The van der Waals surface area contributed by atoms with E-state index < -0.39 is 0 Å². The lowest BCUT2D eigenvalue weighted by molar-refractivity contribution is 0.0946. The summed E-state index contributed by atoms with van der Waals surface area (Å²) in [7, 11) is 1.54. The molecule has 0 heterocycles.